The number of para-hydroxylation sites is 2. The Morgan fingerprint density at radius 2 is 1.79 bits per heavy atom. The molecule has 0 aliphatic rings. The van der Waals surface area contributed by atoms with E-state index in [0.29, 0.717) is 30.7 Å². The monoisotopic (exact) mass is 408 g/mol. The van der Waals surface area contributed by atoms with E-state index >= 15 is 0 Å². The fraction of sp³-hybridized carbons (Fsp3) is 0.292. The van der Waals surface area contributed by atoms with Gasteiger partial charge in [0, 0.05) is 6.54 Å². The van der Waals surface area contributed by atoms with Crippen molar-refractivity contribution in [1.82, 2.24) is 4.90 Å². The number of hydrogen-bond donors (Lipinski definition) is 1. The van der Waals surface area contributed by atoms with E-state index in [-0.39, 0.29) is 0 Å². The molecule has 0 saturated heterocycles. The minimum atomic E-state index is 0.515. The molecular weight excluding hydrogens is 380 g/mol. The predicted molar refractivity (Wildman–Crippen MR) is 122 cm³/mol. The SMILES string of the molecule is CCOc1ccccc1NC(=S)N(Cc1ccc(C(C)C)cc1)Cc1ccco1. The molecule has 29 heavy (non-hydrogen) atoms. The molecule has 3 rings (SSSR count). The number of ether oxygens (including phenoxy) is 1. The first kappa shape index (κ1) is 20.9. The quantitative estimate of drug-likeness (QED) is 0.449. The maximum atomic E-state index is 5.76. The lowest BCUT2D eigenvalue weighted by molar-refractivity contribution is 0.341. The lowest BCUT2D eigenvalue weighted by Gasteiger charge is -2.26. The Labute approximate surface area is 178 Å². The number of benzene rings is 2. The molecule has 0 aliphatic heterocycles. The van der Waals surface area contributed by atoms with E-state index in [9.17, 15) is 0 Å². The summed E-state index contributed by atoms with van der Waals surface area (Å²) in [6.45, 7) is 8.24. The molecule has 0 amide bonds. The molecule has 1 N–H and O–H groups in total. The number of anilines is 1. The van der Waals surface area contributed by atoms with Crippen LogP contribution >= 0.6 is 12.2 Å². The van der Waals surface area contributed by atoms with Gasteiger partial charge in [0.1, 0.15) is 11.5 Å². The van der Waals surface area contributed by atoms with E-state index < -0.39 is 0 Å². The highest BCUT2D eigenvalue weighted by Crippen LogP contribution is 2.25. The first-order chi connectivity index (χ1) is 14.1. The average Bonchev–Trinajstić information content (AvgIpc) is 3.23. The molecule has 0 aliphatic carbocycles. The summed E-state index contributed by atoms with van der Waals surface area (Å²) in [6, 6.07) is 20.4. The average molecular weight is 409 g/mol. The van der Waals surface area contributed by atoms with Gasteiger partial charge in [0.2, 0.25) is 0 Å². The zero-order valence-corrected chi connectivity index (χ0v) is 18.0. The summed E-state index contributed by atoms with van der Waals surface area (Å²) < 4.78 is 11.3. The topological polar surface area (TPSA) is 37.6 Å². The summed E-state index contributed by atoms with van der Waals surface area (Å²) in [5.74, 6) is 2.17. The van der Waals surface area contributed by atoms with Crippen molar-refractivity contribution >= 4 is 23.0 Å². The molecule has 0 fully saturated rings. The van der Waals surface area contributed by atoms with Gasteiger partial charge in [-0.3, -0.25) is 0 Å². The Bertz CT molecular complexity index is 905. The van der Waals surface area contributed by atoms with Crippen LogP contribution in [0.5, 0.6) is 5.75 Å². The van der Waals surface area contributed by atoms with Crippen LogP contribution in [0.2, 0.25) is 0 Å². The summed E-state index contributed by atoms with van der Waals surface area (Å²) in [5, 5.41) is 3.97. The minimum absolute atomic E-state index is 0.515. The van der Waals surface area contributed by atoms with Crippen LogP contribution in [0.15, 0.2) is 71.3 Å². The third-order valence-corrected chi connectivity index (χ3v) is 5.02. The lowest BCUT2D eigenvalue weighted by Crippen LogP contribution is -2.33. The molecule has 0 atom stereocenters. The van der Waals surface area contributed by atoms with E-state index in [1.54, 1.807) is 6.26 Å². The van der Waals surface area contributed by atoms with E-state index in [1.165, 1.54) is 11.1 Å². The zero-order valence-electron chi connectivity index (χ0n) is 17.2. The smallest absolute Gasteiger partial charge is 0.174 e. The van der Waals surface area contributed by atoms with E-state index in [1.807, 2.05) is 43.3 Å². The molecule has 3 aromatic rings. The number of nitrogens with one attached hydrogen (secondary N) is 1. The van der Waals surface area contributed by atoms with Crippen LogP contribution in [-0.2, 0) is 13.1 Å². The van der Waals surface area contributed by atoms with Gasteiger partial charge in [-0.25, -0.2) is 0 Å². The van der Waals surface area contributed by atoms with Crippen LogP contribution in [-0.4, -0.2) is 16.6 Å². The van der Waals surface area contributed by atoms with Crippen molar-refractivity contribution < 1.29 is 9.15 Å². The van der Waals surface area contributed by atoms with Crippen molar-refractivity contribution in [2.24, 2.45) is 0 Å². The first-order valence-corrected chi connectivity index (χ1v) is 10.4. The second-order valence-corrected chi connectivity index (χ2v) is 7.58. The third-order valence-electron chi connectivity index (χ3n) is 4.66. The molecule has 1 aromatic heterocycles. The molecule has 1 heterocycles. The molecule has 0 bridgehead atoms. The summed E-state index contributed by atoms with van der Waals surface area (Å²) in [7, 11) is 0. The van der Waals surface area contributed by atoms with Crippen LogP contribution < -0.4 is 10.1 Å². The number of nitrogens with zero attached hydrogens (tertiary/aromatic N) is 1. The van der Waals surface area contributed by atoms with Crippen LogP contribution in [0, 0.1) is 0 Å². The summed E-state index contributed by atoms with van der Waals surface area (Å²) in [4.78, 5) is 2.10. The Morgan fingerprint density at radius 1 is 1.03 bits per heavy atom. The molecule has 0 saturated carbocycles. The van der Waals surface area contributed by atoms with Gasteiger partial charge in [-0.2, -0.15) is 0 Å². The summed E-state index contributed by atoms with van der Waals surface area (Å²) in [6.07, 6.45) is 1.69. The fourth-order valence-corrected chi connectivity index (χ4v) is 3.30. The highest BCUT2D eigenvalue weighted by molar-refractivity contribution is 7.80. The molecule has 2 aromatic carbocycles. The highest BCUT2D eigenvalue weighted by Gasteiger charge is 2.15. The van der Waals surface area contributed by atoms with Gasteiger partial charge in [-0.1, -0.05) is 50.2 Å². The maximum Gasteiger partial charge on any atom is 0.174 e. The molecular formula is C24H28N2O2S. The van der Waals surface area contributed by atoms with Crippen molar-refractivity contribution in [2.45, 2.75) is 39.8 Å². The highest BCUT2D eigenvalue weighted by atomic mass is 32.1. The maximum absolute atomic E-state index is 5.76. The number of thiocarbonyl (C=S) groups is 1. The Kier molecular flexibility index (Phi) is 7.30. The second kappa shape index (κ2) is 10.1. The summed E-state index contributed by atoms with van der Waals surface area (Å²) >= 11 is 5.76. The predicted octanol–water partition coefficient (Wildman–Crippen LogP) is 6.20. The largest absolute Gasteiger partial charge is 0.492 e. The lowest BCUT2D eigenvalue weighted by atomic mass is 10.0. The van der Waals surface area contributed by atoms with Crippen LogP contribution in [0.4, 0.5) is 5.69 Å². The van der Waals surface area contributed by atoms with E-state index in [0.717, 1.165) is 17.2 Å². The molecule has 152 valence electrons. The van der Waals surface area contributed by atoms with Crippen molar-refractivity contribution in [3.63, 3.8) is 0 Å². The van der Waals surface area contributed by atoms with E-state index in [4.69, 9.17) is 21.4 Å². The Hall–Kier alpha value is -2.79. The zero-order chi connectivity index (χ0) is 20.6. The third kappa shape index (κ3) is 5.84. The minimum Gasteiger partial charge on any atom is -0.492 e. The van der Waals surface area contributed by atoms with Gasteiger partial charge >= 0.3 is 0 Å². The van der Waals surface area contributed by atoms with Crippen molar-refractivity contribution in [3.8, 4) is 5.75 Å². The number of hydrogen-bond acceptors (Lipinski definition) is 3. The summed E-state index contributed by atoms with van der Waals surface area (Å²) in [5.41, 5.74) is 3.39. The normalized spacial score (nSPS) is 10.8. The van der Waals surface area contributed by atoms with Crippen LogP contribution in [0.3, 0.4) is 0 Å². The first-order valence-electron chi connectivity index (χ1n) is 9.95. The number of furan rings is 1. The Balaban J connectivity index is 1.78. The van der Waals surface area contributed by atoms with Gasteiger partial charge < -0.3 is 19.4 Å². The van der Waals surface area contributed by atoms with Crippen LogP contribution in [0.1, 0.15) is 43.6 Å². The van der Waals surface area contributed by atoms with Gasteiger partial charge in [-0.15, -0.1) is 0 Å². The fourth-order valence-electron chi connectivity index (χ4n) is 3.06. The van der Waals surface area contributed by atoms with Gasteiger partial charge in [0.25, 0.3) is 0 Å². The van der Waals surface area contributed by atoms with Crippen LogP contribution in [0.25, 0.3) is 0 Å². The van der Waals surface area contributed by atoms with Crippen molar-refractivity contribution in [2.75, 3.05) is 11.9 Å². The van der Waals surface area contributed by atoms with E-state index in [2.05, 4.69) is 48.3 Å². The number of rotatable bonds is 8. The molecule has 0 spiro atoms. The molecule has 4 nitrogen and oxygen atoms in total. The second-order valence-electron chi connectivity index (χ2n) is 7.19. The van der Waals surface area contributed by atoms with Gasteiger partial charge in [-0.05, 0) is 60.5 Å². The molecule has 0 radical (unpaired) electrons. The molecule has 0 unspecified atom stereocenters. The standard InChI is InChI=1S/C24H28N2O2S/c1-4-27-23-10-6-5-9-22(23)25-24(29)26(17-21-8-7-15-28-21)16-19-11-13-20(14-12-19)18(2)3/h5-15,18H,4,16-17H2,1-3H3,(H,25,29). The van der Waals surface area contributed by atoms with Crippen molar-refractivity contribution in [3.05, 3.63) is 83.8 Å². The molecule has 5 heteroatoms. The van der Waals surface area contributed by atoms with Gasteiger partial charge in [0.15, 0.2) is 5.11 Å². The van der Waals surface area contributed by atoms with Gasteiger partial charge in [0.05, 0.1) is 25.1 Å². The Morgan fingerprint density at radius 3 is 2.45 bits per heavy atom. The van der Waals surface area contributed by atoms with Crippen molar-refractivity contribution in [1.29, 1.82) is 0 Å².